The number of hydrogen-bond acceptors (Lipinski definition) is 4. The van der Waals surface area contributed by atoms with Crippen molar-refractivity contribution < 1.29 is 14.3 Å². The van der Waals surface area contributed by atoms with Gasteiger partial charge in [0.05, 0.1) is 18.3 Å². The minimum Gasteiger partial charge on any atom is -0.466 e. The second-order valence-electron chi connectivity index (χ2n) is 13.3. The number of ether oxygens (including phenoxy) is 1. The second-order valence-corrected chi connectivity index (χ2v) is 13.3. The molecule has 0 amide bonds. The van der Waals surface area contributed by atoms with E-state index in [1.165, 1.54) is 22.3 Å². The van der Waals surface area contributed by atoms with E-state index in [1.807, 2.05) is 66.1 Å². The molecule has 0 aliphatic rings. The molecule has 0 aliphatic heterocycles. The number of anilines is 1. The molecule has 47 heavy (non-hydrogen) atoms. The second kappa shape index (κ2) is 15.8. The summed E-state index contributed by atoms with van der Waals surface area (Å²) < 4.78 is 7.06. The highest BCUT2D eigenvalue weighted by Crippen LogP contribution is 2.30. The number of aryl methyl sites for hydroxylation is 1. The fraction of sp³-hybridized carbons (Fsp3) is 0.333. The highest BCUT2D eigenvalue weighted by molar-refractivity contribution is 6.09. The Kier molecular flexibility index (Phi) is 11.3. The van der Waals surface area contributed by atoms with Crippen molar-refractivity contribution in [2.75, 3.05) is 11.9 Å². The number of hydrogen-bond donors (Lipinski definition) is 1. The highest BCUT2D eigenvalue weighted by Gasteiger charge is 2.19. The van der Waals surface area contributed by atoms with Crippen molar-refractivity contribution in [2.45, 2.75) is 72.8 Å². The van der Waals surface area contributed by atoms with Gasteiger partial charge in [-0.25, -0.2) is 0 Å². The molecule has 0 atom stereocenters. The molecule has 0 radical (unpaired) electrons. The maximum Gasteiger partial charge on any atom is 0.305 e. The predicted octanol–water partition coefficient (Wildman–Crippen LogP) is 9.65. The van der Waals surface area contributed by atoms with Crippen molar-refractivity contribution in [1.29, 1.82) is 0 Å². The standard InChI is InChI=1S/C42H48N2O3/c1-6-47-40(45)15-10-11-35-28-39(44-24-8-7-14-38(35)44)42(46)36-12-9-13-37(27-36)43-41(33-20-16-31(17-21-33)25-29(2)3)34-22-18-32(19-23-34)26-30(4)5/h7-9,12-14,16-24,27-30,41,43H,6,10-11,15,25-26H2,1-5H3. The van der Waals surface area contributed by atoms with Gasteiger partial charge in [0, 0.05) is 29.4 Å². The third-order valence-corrected chi connectivity index (χ3v) is 8.47. The summed E-state index contributed by atoms with van der Waals surface area (Å²) in [6.45, 7) is 11.2. The normalized spacial score (nSPS) is 11.5. The average molecular weight is 629 g/mol. The van der Waals surface area contributed by atoms with Gasteiger partial charge < -0.3 is 14.5 Å². The van der Waals surface area contributed by atoms with Crippen molar-refractivity contribution in [3.05, 3.63) is 142 Å². The number of carbonyl (C=O) groups excluding carboxylic acids is 2. The van der Waals surface area contributed by atoms with Crippen LogP contribution < -0.4 is 5.32 Å². The molecule has 0 fully saturated rings. The minimum atomic E-state index is -0.187. The number of nitrogens with one attached hydrogen (secondary N) is 1. The van der Waals surface area contributed by atoms with E-state index >= 15 is 0 Å². The number of fused-ring (bicyclic) bond motifs is 1. The van der Waals surface area contributed by atoms with E-state index in [1.54, 1.807) is 0 Å². The summed E-state index contributed by atoms with van der Waals surface area (Å²) in [4.78, 5) is 26.0. The maximum absolute atomic E-state index is 14.0. The number of benzene rings is 3. The van der Waals surface area contributed by atoms with Gasteiger partial charge in [0.15, 0.2) is 0 Å². The first-order valence-corrected chi connectivity index (χ1v) is 17.0. The molecule has 5 nitrogen and oxygen atoms in total. The summed E-state index contributed by atoms with van der Waals surface area (Å²) in [7, 11) is 0. The van der Waals surface area contributed by atoms with E-state index in [0.717, 1.165) is 29.6 Å². The van der Waals surface area contributed by atoms with Crippen molar-refractivity contribution in [3.63, 3.8) is 0 Å². The molecule has 0 unspecified atom stereocenters. The number of esters is 1. The first kappa shape index (κ1) is 33.7. The zero-order valence-electron chi connectivity index (χ0n) is 28.5. The van der Waals surface area contributed by atoms with E-state index in [4.69, 9.17) is 4.74 Å². The molecule has 5 heteroatoms. The lowest BCUT2D eigenvalue weighted by Crippen LogP contribution is -2.13. The quantitative estimate of drug-likeness (QED) is 0.0926. The number of aromatic nitrogens is 1. The van der Waals surface area contributed by atoms with Crippen LogP contribution in [0.25, 0.3) is 5.52 Å². The summed E-state index contributed by atoms with van der Waals surface area (Å²) in [6.07, 6.45) is 5.74. The number of carbonyl (C=O) groups is 2. The average Bonchev–Trinajstić information content (AvgIpc) is 3.42. The molecule has 0 saturated heterocycles. The topological polar surface area (TPSA) is 59.8 Å². The van der Waals surface area contributed by atoms with Gasteiger partial charge >= 0.3 is 5.97 Å². The Balaban J connectivity index is 1.42. The molecule has 3 aromatic carbocycles. The van der Waals surface area contributed by atoms with Gasteiger partial charge in [0.1, 0.15) is 0 Å². The molecule has 5 aromatic rings. The van der Waals surface area contributed by atoms with Crippen LogP contribution in [0.3, 0.4) is 0 Å². The Labute approximate surface area is 280 Å². The lowest BCUT2D eigenvalue weighted by atomic mass is 9.93. The summed E-state index contributed by atoms with van der Waals surface area (Å²) in [6, 6.07) is 33.5. The van der Waals surface area contributed by atoms with E-state index in [0.29, 0.717) is 49.0 Å². The zero-order valence-corrected chi connectivity index (χ0v) is 28.5. The van der Waals surface area contributed by atoms with Crippen LogP contribution in [0.4, 0.5) is 5.69 Å². The number of pyridine rings is 1. The molecule has 0 aliphatic carbocycles. The third-order valence-electron chi connectivity index (χ3n) is 8.47. The molecule has 0 bridgehead atoms. The molecule has 0 saturated carbocycles. The van der Waals surface area contributed by atoms with Gasteiger partial charge in [-0.3, -0.25) is 9.59 Å². The number of rotatable bonds is 15. The Morgan fingerprint density at radius 1 is 0.766 bits per heavy atom. The van der Waals surface area contributed by atoms with Gasteiger partial charge in [-0.05, 0) is 103 Å². The molecular weight excluding hydrogens is 580 g/mol. The van der Waals surface area contributed by atoms with Crippen LogP contribution in [0, 0.1) is 11.8 Å². The lowest BCUT2D eigenvalue weighted by Gasteiger charge is -2.22. The molecule has 0 spiro atoms. The van der Waals surface area contributed by atoms with Crippen molar-refractivity contribution >= 4 is 23.0 Å². The Hall–Kier alpha value is -4.64. The summed E-state index contributed by atoms with van der Waals surface area (Å²) in [5.74, 6) is 0.968. The monoisotopic (exact) mass is 628 g/mol. The Morgan fingerprint density at radius 3 is 2.00 bits per heavy atom. The zero-order chi connectivity index (χ0) is 33.3. The van der Waals surface area contributed by atoms with Crippen molar-refractivity contribution in [2.24, 2.45) is 11.8 Å². The molecule has 2 heterocycles. The van der Waals surface area contributed by atoms with Gasteiger partial charge in [0.25, 0.3) is 0 Å². The SMILES string of the molecule is CCOC(=O)CCCc1cc(C(=O)c2cccc(NC(c3ccc(CC(C)C)cc3)c3ccc(CC(C)C)cc3)c2)n2ccccc12. The van der Waals surface area contributed by atoms with Crippen LogP contribution in [-0.2, 0) is 28.8 Å². The number of ketones is 1. The largest absolute Gasteiger partial charge is 0.466 e. The molecular formula is C42H48N2O3. The summed E-state index contributed by atoms with van der Waals surface area (Å²) >= 11 is 0. The van der Waals surface area contributed by atoms with Gasteiger partial charge in [-0.1, -0.05) is 94.4 Å². The molecule has 5 rings (SSSR count). The molecule has 1 N–H and O–H groups in total. The van der Waals surface area contributed by atoms with Crippen LogP contribution >= 0.6 is 0 Å². The fourth-order valence-electron chi connectivity index (χ4n) is 6.31. The van der Waals surface area contributed by atoms with Gasteiger partial charge in [-0.2, -0.15) is 0 Å². The minimum absolute atomic E-state index is 0.0425. The van der Waals surface area contributed by atoms with E-state index in [-0.39, 0.29) is 17.8 Å². The lowest BCUT2D eigenvalue weighted by molar-refractivity contribution is -0.143. The molecule has 2 aromatic heterocycles. The van der Waals surface area contributed by atoms with E-state index in [9.17, 15) is 9.59 Å². The molecule has 244 valence electrons. The fourth-order valence-corrected chi connectivity index (χ4v) is 6.31. The van der Waals surface area contributed by atoms with Crippen LogP contribution in [-0.4, -0.2) is 22.8 Å². The maximum atomic E-state index is 14.0. The van der Waals surface area contributed by atoms with E-state index in [2.05, 4.69) is 81.5 Å². The van der Waals surface area contributed by atoms with Crippen molar-refractivity contribution in [3.8, 4) is 0 Å². The first-order valence-electron chi connectivity index (χ1n) is 17.0. The smallest absolute Gasteiger partial charge is 0.305 e. The third kappa shape index (κ3) is 8.79. The van der Waals surface area contributed by atoms with Crippen LogP contribution in [0.15, 0.2) is 103 Å². The van der Waals surface area contributed by atoms with Gasteiger partial charge in [-0.15, -0.1) is 0 Å². The highest BCUT2D eigenvalue weighted by atomic mass is 16.5. The van der Waals surface area contributed by atoms with Crippen molar-refractivity contribution in [1.82, 2.24) is 4.40 Å². The predicted molar refractivity (Wildman–Crippen MR) is 192 cm³/mol. The number of nitrogens with zero attached hydrogens (tertiary/aromatic N) is 1. The Morgan fingerprint density at radius 2 is 1.40 bits per heavy atom. The van der Waals surface area contributed by atoms with Gasteiger partial charge in [0.2, 0.25) is 5.78 Å². The summed E-state index contributed by atoms with van der Waals surface area (Å²) in [5.41, 5.74) is 9.17. The van der Waals surface area contributed by atoms with Crippen LogP contribution in [0.5, 0.6) is 0 Å². The van der Waals surface area contributed by atoms with Crippen LogP contribution in [0.1, 0.15) is 97.4 Å². The summed E-state index contributed by atoms with van der Waals surface area (Å²) in [5, 5.41) is 3.77. The van der Waals surface area contributed by atoms with E-state index < -0.39 is 0 Å². The first-order chi connectivity index (χ1) is 22.7. The Bertz CT molecular complexity index is 1730. The van der Waals surface area contributed by atoms with Crippen LogP contribution in [0.2, 0.25) is 0 Å².